The minimum Gasteiger partial charge on any atom is -0.456 e. The second-order valence-corrected chi connectivity index (χ2v) is 11.5. The first kappa shape index (κ1) is 26.8. The van der Waals surface area contributed by atoms with Crippen LogP contribution in [0.2, 0.25) is 0 Å². The number of benzene rings is 6. The quantitative estimate of drug-likeness (QED) is 0.211. The third-order valence-corrected chi connectivity index (χ3v) is 8.63. The fourth-order valence-corrected chi connectivity index (χ4v) is 6.35. The summed E-state index contributed by atoms with van der Waals surface area (Å²) in [5.41, 5.74) is 16.0. The normalized spacial score (nSPS) is 14.5. The summed E-state index contributed by atoms with van der Waals surface area (Å²) in [5, 5.41) is 4.65. The standard InChI is InChI=1S/C36H24O2.C6H7N/c1-4-14-34-29(9-1)31-12-6-11-28(36(31)38-34)24-17-15-23(16-18-24)25-7-5-8-26(21-25)27-19-20-35-32(22-27)30-10-2-3-13-33(30)37-35;7-6-4-2-1-3-5-6/h1-6,8-22,25H,7H2;1-5H,7H2. The van der Waals surface area contributed by atoms with Crippen LogP contribution in [-0.2, 0) is 0 Å². The minimum atomic E-state index is 0.336. The molecule has 2 aromatic heterocycles. The van der Waals surface area contributed by atoms with Crippen molar-refractivity contribution in [1.29, 1.82) is 0 Å². The van der Waals surface area contributed by atoms with Gasteiger partial charge in [-0.05, 0) is 65.1 Å². The molecule has 3 heteroatoms. The lowest BCUT2D eigenvalue weighted by molar-refractivity contribution is 0.669. The number of hydrogen-bond acceptors (Lipinski definition) is 3. The number of nitrogens with two attached hydrogens (primary N) is 1. The highest BCUT2D eigenvalue weighted by atomic mass is 16.3. The Kier molecular flexibility index (Phi) is 6.77. The molecule has 8 aromatic rings. The Morgan fingerprint density at radius 1 is 0.533 bits per heavy atom. The number of furan rings is 2. The van der Waals surface area contributed by atoms with Gasteiger partial charge in [-0.3, -0.25) is 0 Å². The van der Waals surface area contributed by atoms with Gasteiger partial charge < -0.3 is 14.6 Å². The number of para-hydroxylation sites is 4. The van der Waals surface area contributed by atoms with Gasteiger partial charge in [0.2, 0.25) is 0 Å². The Morgan fingerprint density at radius 2 is 1.18 bits per heavy atom. The molecule has 0 bridgehead atoms. The van der Waals surface area contributed by atoms with Crippen LogP contribution in [0.25, 0.3) is 60.6 Å². The van der Waals surface area contributed by atoms with Crippen molar-refractivity contribution < 1.29 is 8.83 Å². The lowest BCUT2D eigenvalue weighted by Gasteiger charge is -2.18. The number of allylic oxidation sites excluding steroid dienone is 4. The summed E-state index contributed by atoms with van der Waals surface area (Å²) >= 11 is 0. The van der Waals surface area contributed by atoms with Crippen LogP contribution >= 0.6 is 0 Å². The molecule has 0 saturated heterocycles. The van der Waals surface area contributed by atoms with E-state index in [1.54, 1.807) is 0 Å². The summed E-state index contributed by atoms with van der Waals surface area (Å²) < 4.78 is 12.3. The molecule has 0 saturated carbocycles. The fraction of sp³-hybridized carbons (Fsp3) is 0.0476. The fourth-order valence-electron chi connectivity index (χ4n) is 6.35. The molecule has 0 spiro atoms. The number of nitrogen functional groups attached to an aromatic ring is 1. The lowest BCUT2D eigenvalue weighted by Crippen LogP contribution is -1.99. The highest BCUT2D eigenvalue weighted by Crippen LogP contribution is 2.38. The van der Waals surface area contributed by atoms with Crippen molar-refractivity contribution in [3.63, 3.8) is 0 Å². The molecule has 0 radical (unpaired) electrons. The van der Waals surface area contributed by atoms with Gasteiger partial charge in [-0.25, -0.2) is 0 Å². The van der Waals surface area contributed by atoms with Crippen LogP contribution in [0.3, 0.4) is 0 Å². The number of anilines is 1. The van der Waals surface area contributed by atoms with E-state index in [9.17, 15) is 0 Å². The molecule has 0 amide bonds. The van der Waals surface area contributed by atoms with Gasteiger partial charge in [-0.2, -0.15) is 0 Å². The largest absolute Gasteiger partial charge is 0.456 e. The molecule has 2 N–H and O–H groups in total. The molecule has 1 aliphatic carbocycles. The van der Waals surface area contributed by atoms with Crippen molar-refractivity contribution in [2.45, 2.75) is 12.3 Å². The average Bonchev–Trinajstić information content (AvgIpc) is 3.67. The summed E-state index contributed by atoms with van der Waals surface area (Å²) in [5.74, 6) is 0.336. The predicted octanol–water partition coefficient (Wildman–Crippen LogP) is 11.5. The molecular formula is C42H31NO2. The van der Waals surface area contributed by atoms with Gasteiger partial charge in [0.05, 0.1) is 0 Å². The second-order valence-electron chi connectivity index (χ2n) is 11.5. The molecule has 0 fully saturated rings. The van der Waals surface area contributed by atoms with Crippen LogP contribution in [0.15, 0.2) is 167 Å². The highest BCUT2D eigenvalue weighted by molar-refractivity contribution is 6.09. The van der Waals surface area contributed by atoms with E-state index >= 15 is 0 Å². The molecule has 216 valence electrons. The molecule has 2 heterocycles. The number of hydrogen-bond donors (Lipinski definition) is 1. The third kappa shape index (κ3) is 5.09. The molecule has 9 rings (SSSR count). The van der Waals surface area contributed by atoms with Gasteiger partial charge in [0.15, 0.2) is 0 Å². The van der Waals surface area contributed by atoms with Gasteiger partial charge in [0, 0.05) is 38.7 Å². The molecule has 6 aromatic carbocycles. The molecular weight excluding hydrogens is 550 g/mol. The van der Waals surface area contributed by atoms with Crippen LogP contribution in [0, 0.1) is 0 Å². The first-order chi connectivity index (χ1) is 22.2. The van der Waals surface area contributed by atoms with E-state index in [0.29, 0.717) is 5.92 Å². The Morgan fingerprint density at radius 3 is 1.93 bits per heavy atom. The summed E-state index contributed by atoms with van der Waals surface area (Å²) in [6.45, 7) is 0. The van der Waals surface area contributed by atoms with E-state index in [1.165, 1.54) is 27.6 Å². The zero-order valence-electron chi connectivity index (χ0n) is 24.7. The van der Waals surface area contributed by atoms with Crippen molar-refractivity contribution in [2.75, 3.05) is 5.73 Å². The van der Waals surface area contributed by atoms with Crippen molar-refractivity contribution in [3.8, 4) is 11.1 Å². The van der Waals surface area contributed by atoms with Gasteiger partial charge in [-0.15, -0.1) is 0 Å². The predicted molar refractivity (Wildman–Crippen MR) is 188 cm³/mol. The smallest absolute Gasteiger partial charge is 0.143 e. The maximum Gasteiger partial charge on any atom is 0.143 e. The van der Waals surface area contributed by atoms with E-state index in [2.05, 4.69) is 103 Å². The Hall–Kier alpha value is -5.80. The molecule has 1 aliphatic rings. The van der Waals surface area contributed by atoms with E-state index in [4.69, 9.17) is 14.6 Å². The van der Waals surface area contributed by atoms with Crippen molar-refractivity contribution in [3.05, 3.63) is 169 Å². The second kappa shape index (κ2) is 11.4. The first-order valence-corrected chi connectivity index (χ1v) is 15.3. The Labute approximate surface area is 261 Å². The SMILES string of the molecule is C1=CC(c2ccc3oc4ccccc4c3c2)=CC(c2ccc(-c3cccc4c3oc3ccccc34)cc2)C1.Nc1ccccc1. The van der Waals surface area contributed by atoms with E-state index < -0.39 is 0 Å². The van der Waals surface area contributed by atoms with Crippen LogP contribution in [0.1, 0.15) is 23.5 Å². The van der Waals surface area contributed by atoms with Crippen LogP contribution in [0.5, 0.6) is 0 Å². The molecule has 1 atom stereocenters. The summed E-state index contributed by atoms with van der Waals surface area (Å²) in [4.78, 5) is 0. The zero-order valence-corrected chi connectivity index (χ0v) is 24.7. The van der Waals surface area contributed by atoms with Crippen LogP contribution in [-0.4, -0.2) is 0 Å². The lowest BCUT2D eigenvalue weighted by atomic mass is 9.86. The number of fused-ring (bicyclic) bond motifs is 6. The Bertz CT molecular complexity index is 2350. The first-order valence-electron chi connectivity index (χ1n) is 15.3. The van der Waals surface area contributed by atoms with Crippen molar-refractivity contribution in [2.24, 2.45) is 0 Å². The number of rotatable bonds is 3. The molecule has 45 heavy (non-hydrogen) atoms. The van der Waals surface area contributed by atoms with Gasteiger partial charge in [-0.1, -0.05) is 121 Å². The summed E-state index contributed by atoms with van der Waals surface area (Å²) in [6, 6.07) is 47.9. The van der Waals surface area contributed by atoms with E-state index in [-0.39, 0.29) is 0 Å². The monoisotopic (exact) mass is 581 g/mol. The third-order valence-electron chi connectivity index (χ3n) is 8.63. The van der Waals surface area contributed by atoms with Crippen LogP contribution in [0.4, 0.5) is 5.69 Å². The molecule has 1 unspecified atom stereocenters. The maximum absolute atomic E-state index is 6.27. The van der Waals surface area contributed by atoms with Gasteiger partial charge in [0.25, 0.3) is 0 Å². The van der Waals surface area contributed by atoms with Crippen molar-refractivity contribution >= 4 is 55.1 Å². The van der Waals surface area contributed by atoms with Crippen LogP contribution < -0.4 is 5.73 Å². The zero-order chi connectivity index (χ0) is 30.2. The summed E-state index contributed by atoms with van der Waals surface area (Å²) in [6.07, 6.45) is 7.94. The minimum absolute atomic E-state index is 0.336. The van der Waals surface area contributed by atoms with E-state index in [1.807, 2.05) is 54.6 Å². The van der Waals surface area contributed by atoms with Gasteiger partial charge in [0.1, 0.15) is 22.3 Å². The average molecular weight is 582 g/mol. The summed E-state index contributed by atoms with van der Waals surface area (Å²) in [7, 11) is 0. The molecule has 3 nitrogen and oxygen atoms in total. The Balaban J connectivity index is 0.000000382. The molecule has 0 aliphatic heterocycles. The van der Waals surface area contributed by atoms with Gasteiger partial charge >= 0.3 is 0 Å². The van der Waals surface area contributed by atoms with Crippen molar-refractivity contribution in [1.82, 2.24) is 0 Å². The highest BCUT2D eigenvalue weighted by Gasteiger charge is 2.16. The maximum atomic E-state index is 6.27. The topological polar surface area (TPSA) is 52.3 Å². The van der Waals surface area contributed by atoms with E-state index in [0.717, 1.165) is 56.2 Å².